The minimum Gasteiger partial charge on any atom is -0.368 e. The van der Waals surface area contributed by atoms with Gasteiger partial charge in [0.15, 0.2) is 0 Å². The smallest absolute Gasteiger partial charge is 0.322 e. The summed E-state index contributed by atoms with van der Waals surface area (Å²) in [6.45, 7) is 0.576. The quantitative estimate of drug-likeness (QED) is 0.788. The van der Waals surface area contributed by atoms with Crippen molar-refractivity contribution in [2.45, 2.75) is 18.9 Å². The van der Waals surface area contributed by atoms with Gasteiger partial charge in [0.25, 0.3) is 0 Å². The third kappa shape index (κ3) is 3.34. The Morgan fingerprint density at radius 3 is 2.56 bits per heavy atom. The SMILES string of the molecule is I.NC(=O)C1CCCN1C(=O)Nc1ccccc1. The van der Waals surface area contributed by atoms with E-state index in [0.717, 1.165) is 6.42 Å². The van der Waals surface area contributed by atoms with Gasteiger partial charge < -0.3 is 16.0 Å². The van der Waals surface area contributed by atoms with E-state index in [-0.39, 0.29) is 30.0 Å². The molecule has 3 amide bonds. The molecule has 1 unspecified atom stereocenters. The van der Waals surface area contributed by atoms with Crippen molar-refractivity contribution in [3.63, 3.8) is 0 Å². The second-order valence-electron chi connectivity index (χ2n) is 4.05. The van der Waals surface area contributed by atoms with Gasteiger partial charge in [0, 0.05) is 12.2 Å². The number of nitrogens with zero attached hydrogens (tertiary/aromatic N) is 1. The Morgan fingerprint density at radius 2 is 1.94 bits per heavy atom. The highest BCUT2D eigenvalue weighted by Crippen LogP contribution is 2.18. The zero-order valence-corrected chi connectivity index (χ0v) is 12.2. The molecule has 1 heterocycles. The van der Waals surface area contributed by atoms with Gasteiger partial charge in [0.05, 0.1) is 0 Å². The van der Waals surface area contributed by atoms with Crippen LogP contribution >= 0.6 is 24.0 Å². The Labute approximate surface area is 123 Å². The Kier molecular flexibility index (Phi) is 5.39. The molecule has 18 heavy (non-hydrogen) atoms. The lowest BCUT2D eigenvalue weighted by Gasteiger charge is -2.22. The molecule has 0 bridgehead atoms. The summed E-state index contributed by atoms with van der Waals surface area (Å²) >= 11 is 0. The molecule has 0 spiro atoms. The van der Waals surface area contributed by atoms with E-state index in [0.29, 0.717) is 18.7 Å². The molecule has 0 saturated carbocycles. The van der Waals surface area contributed by atoms with Crippen LogP contribution in [0, 0.1) is 0 Å². The highest BCUT2D eigenvalue weighted by molar-refractivity contribution is 14.0. The second kappa shape index (κ2) is 6.58. The molecule has 1 aliphatic heterocycles. The number of carbonyl (C=O) groups is 2. The molecule has 5 nitrogen and oxygen atoms in total. The van der Waals surface area contributed by atoms with E-state index in [9.17, 15) is 9.59 Å². The van der Waals surface area contributed by atoms with Crippen LogP contribution in [0.4, 0.5) is 10.5 Å². The molecule has 2 rings (SSSR count). The molecule has 1 aliphatic rings. The number of likely N-dealkylation sites (tertiary alicyclic amines) is 1. The molecule has 3 N–H and O–H groups in total. The Bertz CT molecular complexity index is 425. The largest absolute Gasteiger partial charge is 0.368 e. The minimum atomic E-state index is -0.473. The first-order valence-electron chi connectivity index (χ1n) is 5.60. The number of hydrogen-bond acceptors (Lipinski definition) is 2. The van der Waals surface area contributed by atoms with Gasteiger partial charge >= 0.3 is 6.03 Å². The third-order valence-electron chi connectivity index (χ3n) is 2.87. The molecule has 0 radical (unpaired) electrons. The van der Waals surface area contributed by atoms with Crippen molar-refractivity contribution in [1.29, 1.82) is 0 Å². The zero-order chi connectivity index (χ0) is 12.3. The van der Waals surface area contributed by atoms with Gasteiger partial charge in [-0.15, -0.1) is 24.0 Å². The summed E-state index contributed by atoms with van der Waals surface area (Å²) in [4.78, 5) is 24.6. The fourth-order valence-corrected chi connectivity index (χ4v) is 2.02. The first kappa shape index (κ1) is 14.7. The minimum absolute atomic E-state index is 0. The van der Waals surface area contributed by atoms with Crippen LogP contribution in [0.3, 0.4) is 0 Å². The predicted molar refractivity (Wildman–Crippen MR) is 79.8 cm³/mol. The Morgan fingerprint density at radius 1 is 1.28 bits per heavy atom. The first-order chi connectivity index (χ1) is 8.18. The van der Waals surface area contributed by atoms with Gasteiger partial charge in [-0.1, -0.05) is 18.2 Å². The third-order valence-corrected chi connectivity index (χ3v) is 2.87. The number of nitrogens with one attached hydrogen (secondary N) is 1. The van der Waals surface area contributed by atoms with Crippen LogP contribution in [0.25, 0.3) is 0 Å². The molecular formula is C12H16IN3O2. The molecule has 1 fully saturated rings. The highest BCUT2D eigenvalue weighted by atomic mass is 127. The van der Waals surface area contributed by atoms with Crippen LogP contribution in [0.5, 0.6) is 0 Å². The Balaban J connectivity index is 0.00000162. The molecule has 1 atom stereocenters. The standard InChI is InChI=1S/C12H15N3O2.HI/c13-11(16)10-7-4-8-15(10)12(17)14-9-5-2-1-3-6-9;/h1-3,5-6,10H,4,7-8H2,(H2,13,16)(H,14,17);1H. The van der Waals surface area contributed by atoms with Crippen molar-refractivity contribution < 1.29 is 9.59 Å². The van der Waals surface area contributed by atoms with Crippen LogP contribution in [-0.4, -0.2) is 29.4 Å². The molecule has 1 aromatic carbocycles. The predicted octanol–water partition coefficient (Wildman–Crippen LogP) is 1.79. The summed E-state index contributed by atoms with van der Waals surface area (Å²) in [5.41, 5.74) is 5.97. The van der Waals surface area contributed by atoms with Crippen LogP contribution in [-0.2, 0) is 4.79 Å². The van der Waals surface area contributed by atoms with Crippen molar-refractivity contribution >= 4 is 41.6 Å². The number of carbonyl (C=O) groups excluding carboxylic acids is 2. The summed E-state index contributed by atoms with van der Waals surface area (Å²) in [5, 5.41) is 2.75. The van der Waals surface area contributed by atoms with Gasteiger partial charge in [-0.25, -0.2) is 4.79 Å². The van der Waals surface area contributed by atoms with E-state index in [4.69, 9.17) is 5.73 Å². The molecule has 0 aliphatic carbocycles. The van der Waals surface area contributed by atoms with E-state index in [1.54, 1.807) is 12.1 Å². The van der Waals surface area contributed by atoms with Crippen molar-refractivity contribution in [3.8, 4) is 0 Å². The van der Waals surface area contributed by atoms with E-state index < -0.39 is 11.9 Å². The van der Waals surface area contributed by atoms with Gasteiger partial charge in [-0.05, 0) is 25.0 Å². The first-order valence-corrected chi connectivity index (χ1v) is 5.60. The maximum Gasteiger partial charge on any atom is 0.322 e. The van der Waals surface area contributed by atoms with Gasteiger partial charge in [-0.2, -0.15) is 0 Å². The molecule has 6 heteroatoms. The highest BCUT2D eigenvalue weighted by Gasteiger charge is 2.32. The van der Waals surface area contributed by atoms with Crippen molar-refractivity contribution in [2.75, 3.05) is 11.9 Å². The van der Waals surface area contributed by atoms with E-state index in [2.05, 4.69) is 5.32 Å². The number of primary amides is 1. The normalized spacial score (nSPS) is 18.0. The summed E-state index contributed by atoms with van der Waals surface area (Å²) < 4.78 is 0. The maximum atomic E-state index is 11.9. The number of anilines is 1. The second-order valence-corrected chi connectivity index (χ2v) is 4.05. The number of urea groups is 1. The van der Waals surface area contributed by atoms with Crippen LogP contribution in [0.1, 0.15) is 12.8 Å². The average molecular weight is 361 g/mol. The van der Waals surface area contributed by atoms with E-state index in [1.807, 2.05) is 18.2 Å². The van der Waals surface area contributed by atoms with Crippen molar-refractivity contribution in [3.05, 3.63) is 30.3 Å². The number of rotatable bonds is 2. The lowest BCUT2D eigenvalue weighted by molar-refractivity contribution is -0.121. The molecular weight excluding hydrogens is 345 g/mol. The summed E-state index contributed by atoms with van der Waals surface area (Å²) in [6.07, 6.45) is 1.47. The Hall–Kier alpha value is -1.31. The lowest BCUT2D eigenvalue weighted by Crippen LogP contribution is -2.45. The zero-order valence-electron chi connectivity index (χ0n) is 9.83. The van der Waals surface area contributed by atoms with Gasteiger partial charge in [0.1, 0.15) is 6.04 Å². The summed E-state index contributed by atoms with van der Waals surface area (Å²) in [7, 11) is 0. The average Bonchev–Trinajstić information content (AvgIpc) is 2.79. The summed E-state index contributed by atoms with van der Waals surface area (Å²) in [6, 6.07) is 8.41. The van der Waals surface area contributed by atoms with E-state index in [1.165, 1.54) is 4.90 Å². The monoisotopic (exact) mass is 361 g/mol. The molecule has 1 saturated heterocycles. The van der Waals surface area contributed by atoms with Crippen LogP contribution < -0.4 is 11.1 Å². The number of hydrogen-bond donors (Lipinski definition) is 2. The number of nitrogens with two attached hydrogens (primary N) is 1. The topological polar surface area (TPSA) is 75.4 Å². The lowest BCUT2D eigenvalue weighted by atomic mass is 10.2. The van der Waals surface area contributed by atoms with Crippen molar-refractivity contribution in [2.24, 2.45) is 5.73 Å². The molecule has 0 aromatic heterocycles. The fraction of sp³-hybridized carbons (Fsp3) is 0.333. The number of benzene rings is 1. The fourth-order valence-electron chi connectivity index (χ4n) is 2.02. The van der Waals surface area contributed by atoms with Gasteiger partial charge in [-0.3, -0.25) is 4.79 Å². The molecule has 1 aromatic rings. The number of para-hydroxylation sites is 1. The van der Waals surface area contributed by atoms with Crippen molar-refractivity contribution in [1.82, 2.24) is 4.90 Å². The number of amides is 3. The van der Waals surface area contributed by atoms with Crippen LogP contribution in [0.2, 0.25) is 0 Å². The summed E-state index contributed by atoms with van der Waals surface area (Å²) in [5.74, 6) is -0.439. The van der Waals surface area contributed by atoms with Gasteiger partial charge in [0.2, 0.25) is 5.91 Å². The van der Waals surface area contributed by atoms with Crippen LogP contribution in [0.15, 0.2) is 30.3 Å². The molecule has 98 valence electrons. The maximum absolute atomic E-state index is 11.9. The van der Waals surface area contributed by atoms with E-state index >= 15 is 0 Å². The number of halogens is 1.